The monoisotopic (exact) mass is 346 g/mol. The van der Waals surface area contributed by atoms with Crippen molar-refractivity contribution in [3.05, 3.63) is 29.1 Å². The number of fused-ring (bicyclic) bond motifs is 5. The van der Waals surface area contributed by atoms with Crippen molar-refractivity contribution in [2.45, 2.75) is 79.1 Å². The molecule has 140 valence electrons. The summed E-state index contributed by atoms with van der Waals surface area (Å²) in [6.07, 6.45) is 7.56. The Kier molecular flexibility index (Phi) is 4.94. The van der Waals surface area contributed by atoms with Crippen molar-refractivity contribution in [2.75, 3.05) is 7.11 Å². The molecule has 4 atom stereocenters. The van der Waals surface area contributed by atoms with Crippen LogP contribution in [0.1, 0.15) is 83.8 Å². The van der Waals surface area contributed by atoms with E-state index in [2.05, 4.69) is 20.8 Å². The Morgan fingerprint density at radius 1 is 1.04 bits per heavy atom. The zero-order chi connectivity index (χ0) is 18.4. The fraction of sp³-hybridized carbons (Fsp3) is 0.739. The lowest BCUT2D eigenvalue weighted by atomic mass is 9.51. The zero-order valence-electron chi connectivity index (χ0n) is 16.9. The Labute approximate surface area is 153 Å². The molecule has 1 aromatic carbocycles. The molecule has 1 nitrogen and oxygen atoms in total. The van der Waals surface area contributed by atoms with Gasteiger partial charge in [0, 0.05) is 0 Å². The number of benzene rings is 1. The molecule has 3 unspecified atom stereocenters. The summed E-state index contributed by atoms with van der Waals surface area (Å²) in [6.45, 7) is 11.5. The van der Waals surface area contributed by atoms with Crippen LogP contribution in [-0.2, 0) is 6.42 Å². The Hall–Kier alpha value is -1.05. The molecule has 2 fully saturated rings. The highest BCUT2D eigenvalue weighted by molar-refractivity contribution is 5.42. The quantitative estimate of drug-likeness (QED) is 0.547. The first-order valence-corrected chi connectivity index (χ1v) is 10.2. The lowest BCUT2D eigenvalue weighted by Crippen LogP contribution is -2.45. The van der Waals surface area contributed by atoms with Crippen LogP contribution in [0.2, 0.25) is 0 Å². The highest BCUT2D eigenvalue weighted by atomic mass is 19.1. The molecule has 0 aliphatic heterocycles. The zero-order valence-corrected chi connectivity index (χ0v) is 16.9. The summed E-state index contributed by atoms with van der Waals surface area (Å²) in [5.74, 6) is 2.44. The topological polar surface area (TPSA) is 9.23 Å². The molecule has 0 saturated heterocycles. The molecule has 2 heteroatoms. The minimum Gasteiger partial charge on any atom is -0.494 e. The van der Waals surface area contributed by atoms with Crippen molar-refractivity contribution in [1.29, 1.82) is 0 Å². The molecule has 0 bridgehead atoms. The first-order valence-electron chi connectivity index (χ1n) is 10.2. The highest BCUT2D eigenvalue weighted by Crippen LogP contribution is 2.67. The molecule has 0 spiro atoms. The van der Waals surface area contributed by atoms with Crippen LogP contribution in [0.5, 0.6) is 5.75 Å². The molecule has 0 N–H and O–H groups in total. The Morgan fingerprint density at radius 3 is 2.44 bits per heavy atom. The molecule has 25 heavy (non-hydrogen) atoms. The second-order valence-corrected chi connectivity index (χ2v) is 8.98. The van der Waals surface area contributed by atoms with E-state index in [1.807, 2.05) is 19.9 Å². The van der Waals surface area contributed by atoms with E-state index in [4.69, 9.17) is 4.74 Å². The van der Waals surface area contributed by atoms with E-state index in [1.165, 1.54) is 43.2 Å². The SMILES string of the molecule is CC.COc1cc2c(cc1F)CCC1C2CC[C@@]2(C)C1CCC2(C)C. The fourth-order valence-electron chi connectivity index (χ4n) is 6.22. The van der Waals surface area contributed by atoms with E-state index in [0.717, 1.165) is 18.3 Å². The van der Waals surface area contributed by atoms with Crippen molar-refractivity contribution in [3.8, 4) is 5.75 Å². The van der Waals surface area contributed by atoms with Crippen LogP contribution in [0, 0.1) is 28.5 Å². The maximum atomic E-state index is 14.1. The molecule has 0 radical (unpaired) electrons. The van der Waals surface area contributed by atoms with E-state index >= 15 is 0 Å². The number of rotatable bonds is 1. The van der Waals surface area contributed by atoms with Crippen molar-refractivity contribution >= 4 is 0 Å². The second kappa shape index (κ2) is 6.59. The van der Waals surface area contributed by atoms with Gasteiger partial charge in [0.2, 0.25) is 0 Å². The van der Waals surface area contributed by atoms with Crippen LogP contribution in [0.15, 0.2) is 12.1 Å². The van der Waals surface area contributed by atoms with Crippen LogP contribution >= 0.6 is 0 Å². The molecule has 3 aliphatic carbocycles. The van der Waals surface area contributed by atoms with Gasteiger partial charge < -0.3 is 4.74 Å². The summed E-state index contributed by atoms with van der Waals surface area (Å²) in [6, 6.07) is 3.74. The number of hydrogen-bond acceptors (Lipinski definition) is 1. The average molecular weight is 347 g/mol. The van der Waals surface area contributed by atoms with Crippen LogP contribution in [-0.4, -0.2) is 7.11 Å². The normalized spacial score (nSPS) is 34.9. The van der Waals surface area contributed by atoms with Gasteiger partial charge in [-0.1, -0.05) is 34.6 Å². The van der Waals surface area contributed by atoms with E-state index in [1.54, 1.807) is 13.2 Å². The predicted octanol–water partition coefficient (Wildman–Crippen LogP) is 6.74. The van der Waals surface area contributed by atoms with E-state index in [-0.39, 0.29) is 5.82 Å². The largest absolute Gasteiger partial charge is 0.494 e. The Bertz CT molecular complexity index is 635. The Morgan fingerprint density at radius 2 is 1.76 bits per heavy atom. The molecule has 3 aliphatic rings. The average Bonchev–Trinajstić information content (AvgIpc) is 2.85. The van der Waals surface area contributed by atoms with Gasteiger partial charge in [-0.25, -0.2) is 4.39 Å². The number of methoxy groups -OCH3 is 1. The number of hydrogen-bond donors (Lipinski definition) is 0. The third-order valence-corrected chi connectivity index (χ3v) is 8.01. The van der Waals surface area contributed by atoms with E-state index in [0.29, 0.717) is 22.5 Å². The number of aryl methyl sites for hydroxylation is 1. The maximum Gasteiger partial charge on any atom is 0.165 e. The number of ether oxygens (including phenoxy) is 1. The van der Waals surface area contributed by atoms with E-state index in [9.17, 15) is 4.39 Å². The van der Waals surface area contributed by atoms with Crippen LogP contribution in [0.25, 0.3) is 0 Å². The maximum absolute atomic E-state index is 14.1. The van der Waals surface area contributed by atoms with Gasteiger partial charge in [-0.2, -0.15) is 0 Å². The molecule has 1 aromatic rings. The molecule has 2 saturated carbocycles. The van der Waals surface area contributed by atoms with Gasteiger partial charge in [-0.3, -0.25) is 0 Å². The van der Waals surface area contributed by atoms with Crippen molar-refractivity contribution in [1.82, 2.24) is 0 Å². The van der Waals surface area contributed by atoms with Gasteiger partial charge in [0.1, 0.15) is 0 Å². The minimum absolute atomic E-state index is 0.202. The van der Waals surface area contributed by atoms with Crippen LogP contribution < -0.4 is 4.74 Å². The molecule has 0 aromatic heterocycles. The summed E-state index contributed by atoms with van der Waals surface area (Å²) in [5, 5.41) is 0. The van der Waals surface area contributed by atoms with Gasteiger partial charge in [0.15, 0.2) is 11.6 Å². The molecule has 0 heterocycles. The number of halogens is 1. The predicted molar refractivity (Wildman–Crippen MR) is 103 cm³/mol. The van der Waals surface area contributed by atoms with Gasteiger partial charge >= 0.3 is 0 Å². The molecular formula is C23H35FO. The lowest BCUT2D eigenvalue weighted by molar-refractivity contribution is -0.00860. The van der Waals surface area contributed by atoms with Crippen molar-refractivity contribution in [2.24, 2.45) is 22.7 Å². The third-order valence-electron chi connectivity index (χ3n) is 8.01. The fourth-order valence-corrected chi connectivity index (χ4v) is 6.22. The second-order valence-electron chi connectivity index (χ2n) is 8.98. The van der Waals surface area contributed by atoms with Gasteiger partial charge in [-0.15, -0.1) is 0 Å². The lowest BCUT2D eigenvalue weighted by Gasteiger charge is -2.53. The minimum atomic E-state index is -0.202. The molecule has 4 rings (SSSR count). The smallest absolute Gasteiger partial charge is 0.165 e. The van der Waals surface area contributed by atoms with Gasteiger partial charge in [0.25, 0.3) is 0 Å². The summed E-state index contributed by atoms with van der Waals surface area (Å²) >= 11 is 0. The first kappa shape index (κ1) is 18.7. The standard InChI is InChI=1S/C21H29FO.C2H6/c1-20(2)9-8-17-15-6-5-13-11-18(22)19(23-4)12-16(13)14(15)7-10-21(17,20)3;1-2/h11-12,14-15,17H,5-10H2,1-4H3;1-2H3/t14?,15?,17?,21-;/m0./s1. The van der Waals surface area contributed by atoms with Crippen LogP contribution in [0.3, 0.4) is 0 Å². The molecular weight excluding hydrogens is 311 g/mol. The summed E-state index contributed by atoms with van der Waals surface area (Å²) < 4.78 is 19.3. The van der Waals surface area contributed by atoms with Crippen molar-refractivity contribution < 1.29 is 9.13 Å². The van der Waals surface area contributed by atoms with E-state index < -0.39 is 0 Å². The summed E-state index contributed by atoms with van der Waals surface area (Å²) in [7, 11) is 1.57. The summed E-state index contributed by atoms with van der Waals surface area (Å²) in [5.41, 5.74) is 3.55. The van der Waals surface area contributed by atoms with Gasteiger partial charge in [0.05, 0.1) is 7.11 Å². The first-order chi connectivity index (χ1) is 11.9. The van der Waals surface area contributed by atoms with Gasteiger partial charge in [-0.05, 0) is 90.4 Å². The third kappa shape index (κ3) is 2.71. The Balaban J connectivity index is 0.000000880. The summed E-state index contributed by atoms with van der Waals surface area (Å²) in [4.78, 5) is 0. The van der Waals surface area contributed by atoms with Crippen LogP contribution in [0.4, 0.5) is 4.39 Å². The highest BCUT2D eigenvalue weighted by Gasteiger charge is 2.57. The van der Waals surface area contributed by atoms with Crippen molar-refractivity contribution in [3.63, 3.8) is 0 Å². The molecule has 0 amide bonds.